The van der Waals surface area contributed by atoms with Crippen LogP contribution in [0.15, 0.2) is 45.7 Å². The SMILES string of the molecule is COC(/C=C/C1=[N+](C([O-])=NS(=O)(=O)c2ccc(C)cc2)[C@H](C(C)C)CO1)OC. The summed E-state index contributed by atoms with van der Waals surface area (Å²) in [6.45, 7) is 5.92. The van der Waals surface area contributed by atoms with Crippen LogP contribution in [0, 0.1) is 12.8 Å². The Hall–Kier alpha value is -2.23. The number of hydrogen-bond acceptors (Lipinski definition) is 6. The molecule has 28 heavy (non-hydrogen) atoms. The summed E-state index contributed by atoms with van der Waals surface area (Å²) >= 11 is 0. The highest BCUT2D eigenvalue weighted by molar-refractivity contribution is 7.90. The van der Waals surface area contributed by atoms with Gasteiger partial charge in [-0.25, -0.2) is 0 Å². The summed E-state index contributed by atoms with van der Waals surface area (Å²) < 4.78 is 45.6. The quantitative estimate of drug-likeness (QED) is 0.288. The smallest absolute Gasteiger partial charge is 0.369 e. The molecule has 1 aromatic carbocycles. The van der Waals surface area contributed by atoms with Gasteiger partial charge in [-0.05, 0) is 31.1 Å². The van der Waals surface area contributed by atoms with E-state index in [9.17, 15) is 13.5 Å². The van der Waals surface area contributed by atoms with Gasteiger partial charge < -0.3 is 19.3 Å². The zero-order valence-corrected chi connectivity index (χ0v) is 17.5. The van der Waals surface area contributed by atoms with Gasteiger partial charge in [0.2, 0.25) is 0 Å². The number of aryl methyl sites for hydroxylation is 1. The highest BCUT2D eigenvalue weighted by Crippen LogP contribution is 2.17. The molecule has 1 aliphatic rings. The largest absolute Gasteiger partial charge is 0.806 e. The second kappa shape index (κ2) is 9.31. The Balaban J connectivity index is 2.46. The number of sulfonamides is 1. The van der Waals surface area contributed by atoms with Gasteiger partial charge >= 0.3 is 10.0 Å². The van der Waals surface area contributed by atoms with Crippen molar-refractivity contribution in [1.29, 1.82) is 0 Å². The Kier molecular flexibility index (Phi) is 7.34. The van der Waals surface area contributed by atoms with Gasteiger partial charge in [0.25, 0.3) is 11.9 Å². The van der Waals surface area contributed by atoms with Crippen molar-refractivity contribution in [3.05, 3.63) is 42.0 Å². The minimum Gasteiger partial charge on any atom is -0.806 e. The molecule has 0 N–H and O–H groups in total. The lowest BCUT2D eigenvalue weighted by molar-refractivity contribution is -0.522. The molecule has 8 nitrogen and oxygen atoms in total. The predicted molar refractivity (Wildman–Crippen MR) is 103 cm³/mol. The van der Waals surface area contributed by atoms with Crippen molar-refractivity contribution >= 4 is 21.9 Å². The maximum absolute atomic E-state index is 12.8. The van der Waals surface area contributed by atoms with Crippen molar-refractivity contribution in [2.45, 2.75) is 38.0 Å². The number of hydrogen-bond donors (Lipinski definition) is 0. The third-order valence-electron chi connectivity index (χ3n) is 4.32. The zero-order valence-electron chi connectivity index (χ0n) is 16.7. The lowest BCUT2D eigenvalue weighted by Crippen LogP contribution is -2.42. The average Bonchev–Trinajstić information content (AvgIpc) is 3.07. The lowest BCUT2D eigenvalue weighted by Gasteiger charge is -2.16. The van der Waals surface area contributed by atoms with E-state index in [1.807, 2.05) is 20.8 Å². The summed E-state index contributed by atoms with van der Waals surface area (Å²) in [5.74, 6) is 0.235. The molecule has 1 atom stereocenters. The van der Waals surface area contributed by atoms with E-state index in [2.05, 4.69) is 4.40 Å². The van der Waals surface area contributed by atoms with Crippen LogP contribution < -0.4 is 5.11 Å². The maximum Gasteiger partial charge on any atom is 0.369 e. The summed E-state index contributed by atoms with van der Waals surface area (Å²) in [6.07, 6.45) is 2.46. The Bertz CT molecular complexity index is 868. The van der Waals surface area contributed by atoms with Crippen LogP contribution in [0.1, 0.15) is 19.4 Å². The van der Waals surface area contributed by atoms with Crippen LogP contribution in [0.4, 0.5) is 0 Å². The molecule has 0 aromatic heterocycles. The Morgan fingerprint density at radius 3 is 2.43 bits per heavy atom. The van der Waals surface area contributed by atoms with E-state index in [1.54, 1.807) is 18.2 Å². The van der Waals surface area contributed by atoms with Gasteiger partial charge in [-0.2, -0.15) is 13.0 Å². The van der Waals surface area contributed by atoms with Crippen molar-refractivity contribution < 1.29 is 32.3 Å². The van der Waals surface area contributed by atoms with E-state index in [4.69, 9.17) is 14.2 Å². The molecule has 0 saturated carbocycles. The van der Waals surface area contributed by atoms with Gasteiger partial charge in [0, 0.05) is 24.7 Å². The molecule has 0 unspecified atom stereocenters. The van der Waals surface area contributed by atoms with Gasteiger partial charge in [0.15, 0.2) is 6.29 Å². The van der Waals surface area contributed by atoms with E-state index in [-0.39, 0.29) is 29.4 Å². The Morgan fingerprint density at radius 2 is 1.89 bits per heavy atom. The molecule has 0 radical (unpaired) electrons. The summed E-state index contributed by atoms with van der Waals surface area (Å²) in [7, 11) is -1.19. The van der Waals surface area contributed by atoms with E-state index in [0.717, 1.165) is 5.56 Å². The van der Waals surface area contributed by atoms with Gasteiger partial charge in [-0.3, -0.25) is 0 Å². The molecular formula is C19H26N2O6S. The first-order valence-electron chi connectivity index (χ1n) is 8.81. The van der Waals surface area contributed by atoms with E-state index in [1.165, 1.54) is 37.0 Å². The number of amidine groups is 1. The van der Waals surface area contributed by atoms with Crippen LogP contribution in [0.5, 0.6) is 0 Å². The van der Waals surface area contributed by atoms with Crippen LogP contribution in [0.2, 0.25) is 0 Å². The monoisotopic (exact) mass is 410 g/mol. The molecule has 2 rings (SSSR count). The fourth-order valence-electron chi connectivity index (χ4n) is 2.66. The van der Waals surface area contributed by atoms with E-state index >= 15 is 0 Å². The van der Waals surface area contributed by atoms with Crippen LogP contribution in [-0.2, 0) is 24.2 Å². The highest BCUT2D eigenvalue weighted by atomic mass is 32.2. The number of methoxy groups -OCH3 is 2. The summed E-state index contributed by atoms with van der Waals surface area (Å²) in [4.78, 5) is -0.0383. The Morgan fingerprint density at radius 1 is 1.29 bits per heavy atom. The van der Waals surface area contributed by atoms with Crippen molar-refractivity contribution in [3.63, 3.8) is 0 Å². The van der Waals surface area contributed by atoms with Crippen LogP contribution in [0.25, 0.3) is 0 Å². The van der Waals surface area contributed by atoms with Crippen molar-refractivity contribution in [1.82, 2.24) is 0 Å². The number of benzene rings is 1. The van der Waals surface area contributed by atoms with Gasteiger partial charge in [0.1, 0.15) is 17.5 Å². The van der Waals surface area contributed by atoms with Crippen LogP contribution in [-0.4, -0.2) is 58.1 Å². The third-order valence-corrected chi connectivity index (χ3v) is 5.59. The molecule has 0 fully saturated rings. The molecule has 9 heteroatoms. The Labute approximate surface area is 165 Å². The molecule has 0 bridgehead atoms. The van der Waals surface area contributed by atoms with Crippen molar-refractivity contribution in [2.75, 3.05) is 20.8 Å². The molecule has 0 spiro atoms. The molecule has 154 valence electrons. The summed E-state index contributed by atoms with van der Waals surface area (Å²) in [6, 6.07) is 4.91. The molecule has 1 aromatic rings. The highest BCUT2D eigenvalue weighted by Gasteiger charge is 2.35. The first-order chi connectivity index (χ1) is 13.2. The third kappa shape index (κ3) is 5.18. The van der Waals surface area contributed by atoms with E-state index in [0.29, 0.717) is 0 Å². The molecule has 1 aliphatic heterocycles. The summed E-state index contributed by atoms with van der Waals surface area (Å²) in [5, 5.41) is 12.8. The van der Waals surface area contributed by atoms with Crippen LogP contribution in [0.3, 0.4) is 0 Å². The fourth-order valence-corrected chi connectivity index (χ4v) is 3.54. The first-order valence-corrected chi connectivity index (χ1v) is 10.2. The number of rotatable bonds is 7. The van der Waals surface area contributed by atoms with Gasteiger partial charge in [0.05, 0.1) is 0 Å². The average molecular weight is 410 g/mol. The van der Waals surface area contributed by atoms with E-state index < -0.39 is 22.3 Å². The topological polar surface area (TPSA) is 100 Å². The second-order valence-electron chi connectivity index (χ2n) is 6.69. The predicted octanol–water partition coefficient (Wildman–Crippen LogP) is 1.04. The molecule has 0 saturated heterocycles. The number of nitrogens with zero attached hydrogens (tertiary/aromatic N) is 2. The number of ether oxygens (including phenoxy) is 3. The van der Waals surface area contributed by atoms with Gasteiger partial charge in [-0.15, -0.1) is 0 Å². The van der Waals surface area contributed by atoms with Crippen molar-refractivity contribution in [2.24, 2.45) is 10.3 Å². The lowest BCUT2D eigenvalue weighted by atomic mass is 10.1. The molecule has 1 heterocycles. The summed E-state index contributed by atoms with van der Waals surface area (Å²) in [5.41, 5.74) is 0.907. The van der Waals surface area contributed by atoms with Crippen molar-refractivity contribution in [3.8, 4) is 0 Å². The zero-order chi connectivity index (χ0) is 20.9. The molecule has 0 aliphatic carbocycles. The second-order valence-corrected chi connectivity index (χ2v) is 8.30. The minimum atomic E-state index is -4.14. The first kappa shape index (κ1) is 22.1. The minimum absolute atomic E-state index is 0.0350. The molecular weight excluding hydrogens is 384 g/mol. The van der Waals surface area contributed by atoms with Crippen LogP contribution >= 0.6 is 0 Å². The van der Waals surface area contributed by atoms with Gasteiger partial charge in [-0.1, -0.05) is 31.5 Å². The normalized spacial score (nSPS) is 18.5. The molecule has 0 amide bonds. The fraction of sp³-hybridized carbons (Fsp3) is 0.474. The maximum atomic E-state index is 12.8. The standard InChI is InChI=1S/C19H26N2O6S/c1-13(2)16-12-27-17(10-11-18(25-4)26-5)21(16)19(22)20-28(23,24)15-8-6-14(3)7-9-15/h6-11,13,16,18H,12H2,1-5H3/b11-10+/t16-/m0/s1.